The van der Waals surface area contributed by atoms with Gasteiger partial charge in [0.2, 0.25) is 0 Å². The average Bonchev–Trinajstić information content (AvgIpc) is 2.39. The second-order valence-corrected chi connectivity index (χ2v) is 5.01. The lowest BCUT2D eigenvalue weighted by Crippen LogP contribution is -2.49. The van der Waals surface area contributed by atoms with Gasteiger partial charge < -0.3 is 15.4 Å². The number of ether oxygens (including phenoxy) is 1. The van der Waals surface area contributed by atoms with Crippen LogP contribution >= 0.6 is 0 Å². The zero-order chi connectivity index (χ0) is 13.1. The van der Waals surface area contributed by atoms with Gasteiger partial charge in [0.1, 0.15) is 5.75 Å². The molecule has 0 atom stereocenters. The molecule has 0 unspecified atom stereocenters. The second-order valence-electron chi connectivity index (χ2n) is 5.01. The second kappa shape index (κ2) is 5.48. The third-order valence-electron chi connectivity index (χ3n) is 3.65. The third-order valence-corrected chi connectivity index (χ3v) is 3.65. The van der Waals surface area contributed by atoms with E-state index >= 15 is 0 Å². The Morgan fingerprint density at radius 1 is 1.17 bits per heavy atom. The molecule has 4 heteroatoms. The van der Waals surface area contributed by atoms with Crippen molar-refractivity contribution in [3.63, 3.8) is 0 Å². The molecule has 0 aliphatic carbocycles. The highest BCUT2D eigenvalue weighted by atomic mass is 16.5. The van der Waals surface area contributed by atoms with E-state index in [0.29, 0.717) is 6.04 Å². The van der Waals surface area contributed by atoms with E-state index in [1.165, 1.54) is 0 Å². The molecule has 100 valence electrons. The zero-order valence-corrected chi connectivity index (χ0v) is 11.5. The number of rotatable bonds is 3. The lowest BCUT2D eigenvalue weighted by atomic mass is 10.2. The summed E-state index contributed by atoms with van der Waals surface area (Å²) in [7, 11) is 1.66. The van der Waals surface area contributed by atoms with Gasteiger partial charge in [-0.25, -0.2) is 0 Å². The number of piperazine rings is 1. The Morgan fingerprint density at radius 3 is 2.39 bits per heavy atom. The molecule has 1 aliphatic heterocycles. The van der Waals surface area contributed by atoms with E-state index in [-0.39, 0.29) is 0 Å². The molecule has 0 radical (unpaired) electrons. The molecule has 1 heterocycles. The van der Waals surface area contributed by atoms with Crippen LogP contribution in [0.5, 0.6) is 5.75 Å². The summed E-state index contributed by atoms with van der Waals surface area (Å²) in [6.07, 6.45) is 0. The molecule has 18 heavy (non-hydrogen) atoms. The largest absolute Gasteiger partial charge is 0.495 e. The van der Waals surface area contributed by atoms with Crippen LogP contribution in [-0.4, -0.2) is 44.2 Å². The lowest BCUT2D eigenvalue weighted by molar-refractivity contribution is 0.209. The van der Waals surface area contributed by atoms with E-state index in [2.05, 4.69) is 29.7 Å². The molecule has 4 nitrogen and oxygen atoms in total. The highest BCUT2D eigenvalue weighted by Gasteiger charge is 2.20. The molecule has 1 aromatic rings. The van der Waals surface area contributed by atoms with Crippen LogP contribution in [0, 0.1) is 0 Å². The van der Waals surface area contributed by atoms with Crippen LogP contribution in [0.1, 0.15) is 13.8 Å². The number of nitrogens with two attached hydrogens (primary N) is 1. The van der Waals surface area contributed by atoms with Crippen molar-refractivity contribution in [2.45, 2.75) is 19.9 Å². The summed E-state index contributed by atoms with van der Waals surface area (Å²) in [6.45, 7) is 8.72. The molecule has 0 saturated carbocycles. The normalized spacial score (nSPS) is 17.2. The molecule has 1 fully saturated rings. The van der Waals surface area contributed by atoms with Crippen molar-refractivity contribution in [1.82, 2.24) is 4.90 Å². The highest BCUT2D eigenvalue weighted by molar-refractivity contribution is 5.74. The molecule has 1 aromatic carbocycles. The Kier molecular flexibility index (Phi) is 3.97. The van der Waals surface area contributed by atoms with Crippen LogP contribution in [0.2, 0.25) is 0 Å². The summed E-state index contributed by atoms with van der Waals surface area (Å²) in [5.74, 6) is 0.763. The van der Waals surface area contributed by atoms with Gasteiger partial charge in [-0.15, -0.1) is 0 Å². The van der Waals surface area contributed by atoms with Crippen LogP contribution in [0.4, 0.5) is 11.4 Å². The number of nitrogens with zero attached hydrogens (tertiary/aromatic N) is 2. The molecular formula is C14H23N3O. The maximum Gasteiger partial charge on any atom is 0.143 e. The minimum Gasteiger partial charge on any atom is -0.495 e. The van der Waals surface area contributed by atoms with Gasteiger partial charge in [-0.1, -0.05) is 6.07 Å². The highest BCUT2D eigenvalue weighted by Crippen LogP contribution is 2.32. The zero-order valence-electron chi connectivity index (χ0n) is 11.5. The first-order chi connectivity index (χ1) is 8.63. The van der Waals surface area contributed by atoms with Gasteiger partial charge in [0.05, 0.1) is 18.5 Å². The number of hydrogen-bond donors (Lipinski definition) is 1. The van der Waals surface area contributed by atoms with Crippen molar-refractivity contribution in [2.75, 3.05) is 43.9 Å². The van der Waals surface area contributed by atoms with Gasteiger partial charge in [-0.3, -0.25) is 4.90 Å². The molecule has 0 spiro atoms. The van der Waals surface area contributed by atoms with E-state index in [1.807, 2.05) is 12.1 Å². The fraction of sp³-hybridized carbons (Fsp3) is 0.571. The van der Waals surface area contributed by atoms with Gasteiger partial charge in [0, 0.05) is 32.2 Å². The standard InChI is InChI=1S/C14H23N3O/c1-11(2)16-7-9-17(10-8-16)12-5-4-6-13(18-3)14(12)15/h4-6,11H,7-10,15H2,1-3H3. The maximum atomic E-state index is 6.14. The number of para-hydroxylation sites is 1. The number of benzene rings is 1. The summed E-state index contributed by atoms with van der Waals surface area (Å²) < 4.78 is 5.27. The summed E-state index contributed by atoms with van der Waals surface area (Å²) in [5, 5.41) is 0. The van der Waals surface area contributed by atoms with Crippen LogP contribution in [0.3, 0.4) is 0 Å². The Balaban J connectivity index is 2.10. The minimum atomic E-state index is 0.620. The predicted octanol–water partition coefficient (Wildman–Crippen LogP) is 1.81. The minimum absolute atomic E-state index is 0.620. The molecular weight excluding hydrogens is 226 g/mol. The van der Waals surface area contributed by atoms with Crippen molar-refractivity contribution in [2.24, 2.45) is 0 Å². The van der Waals surface area contributed by atoms with Crippen LogP contribution in [-0.2, 0) is 0 Å². The van der Waals surface area contributed by atoms with E-state index in [9.17, 15) is 0 Å². The molecule has 0 aromatic heterocycles. The number of nitrogen functional groups attached to an aromatic ring is 1. The Morgan fingerprint density at radius 2 is 1.83 bits per heavy atom. The molecule has 2 N–H and O–H groups in total. The van der Waals surface area contributed by atoms with Crippen molar-refractivity contribution in [3.05, 3.63) is 18.2 Å². The van der Waals surface area contributed by atoms with Crippen molar-refractivity contribution >= 4 is 11.4 Å². The fourth-order valence-electron chi connectivity index (χ4n) is 2.47. The first-order valence-electron chi connectivity index (χ1n) is 6.55. The predicted molar refractivity (Wildman–Crippen MR) is 76.3 cm³/mol. The summed E-state index contributed by atoms with van der Waals surface area (Å²) in [6, 6.07) is 6.60. The summed E-state index contributed by atoms with van der Waals surface area (Å²) in [4.78, 5) is 4.84. The van der Waals surface area contributed by atoms with Crippen molar-refractivity contribution < 1.29 is 4.74 Å². The van der Waals surface area contributed by atoms with Gasteiger partial charge >= 0.3 is 0 Å². The first kappa shape index (κ1) is 13.0. The van der Waals surface area contributed by atoms with Gasteiger partial charge in [-0.05, 0) is 26.0 Å². The fourth-order valence-corrected chi connectivity index (χ4v) is 2.47. The quantitative estimate of drug-likeness (QED) is 0.830. The van der Waals surface area contributed by atoms with E-state index in [0.717, 1.165) is 43.3 Å². The summed E-state index contributed by atoms with van der Waals surface area (Å²) >= 11 is 0. The molecule has 2 rings (SSSR count). The molecule has 0 bridgehead atoms. The maximum absolute atomic E-state index is 6.14. The molecule has 1 aliphatic rings. The van der Waals surface area contributed by atoms with E-state index in [4.69, 9.17) is 10.5 Å². The number of hydrogen-bond acceptors (Lipinski definition) is 4. The van der Waals surface area contributed by atoms with Crippen molar-refractivity contribution in [3.8, 4) is 5.75 Å². The number of methoxy groups -OCH3 is 1. The Hall–Kier alpha value is -1.42. The molecule has 0 amide bonds. The topological polar surface area (TPSA) is 41.7 Å². The van der Waals surface area contributed by atoms with E-state index < -0.39 is 0 Å². The Labute approximate surface area is 109 Å². The Bertz CT molecular complexity index is 398. The van der Waals surface area contributed by atoms with Gasteiger partial charge in [0.15, 0.2) is 0 Å². The summed E-state index contributed by atoms with van der Waals surface area (Å²) in [5.41, 5.74) is 7.98. The SMILES string of the molecule is COc1cccc(N2CCN(C(C)C)CC2)c1N. The lowest BCUT2D eigenvalue weighted by Gasteiger charge is -2.38. The third kappa shape index (κ3) is 2.53. The van der Waals surface area contributed by atoms with E-state index in [1.54, 1.807) is 7.11 Å². The monoisotopic (exact) mass is 249 g/mol. The smallest absolute Gasteiger partial charge is 0.143 e. The number of anilines is 2. The average molecular weight is 249 g/mol. The first-order valence-corrected chi connectivity index (χ1v) is 6.55. The van der Waals surface area contributed by atoms with Crippen LogP contribution < -0.4 is 15.4 Å². The van der Waals surface area contributed by atoms with Crippen LogP contribution in [0.15, 0.2) is 18.2 Å². The molecule has 1 saturated heterocycles. The van der Waals surface area contributed by atoms with Gasteiger partial charge in [0.25, 0.3) is 0 Å². The van der Waals surface area contributed by atoms with Crippen LogP contribution in [0.25, 0.3) is 0 Å². The van der Waals surface area contributed by atoms with Crippen molar-refractivity contribution in [1.29, 1.82) is 0 Å². The van der Waals surface area contributed by atoms with Gasteiger partial charge in [-0.2, -0.15) is 0 Å².